The number of hydrazine groups is 1. The van der Waals surface area contributed by atoms with E-state index >= 15 is 0 Å². The van der Waals surface area contributed by atoms with Crippen LogP contribution in [0.3, 0.4) is 0 Å². The van der Waals surface area contributed by atoms with Crippen LogP contribution in [-0.4, -0.2) is 21.6 Å². The molecule has 0 bridgehead atoms. The number of nitrogen functional groups attached to an aromatic ring is 1. The Hall–Kier alpha value is -1.73. The number of anilines is 1. The Morgan fingerprint density at radius 3 is 2.85 bits per heavy atom. The molecule has 2 aromatic rings. The smallest absolute Gasteiger partial charge is 0.218 e. The van der Waals surface area contributed by atoms with E-state index in [1.165, 1.54) is 4.88 Å². The van der Waals surface area contributed by atoms with Gasteiger partial charge in [0.1, 0.15) is 11.6 Å². The molecule has 2 heterocycles. The highest BCUT2D eigenvalue weighted by Crippen LogP contribution is 2.16. The van der Waals surface area contributed by atoms with Crippen LogP contribution in [0.25, 0.3) is 0 Å². The first-order chi connectivity index (χ1) is 9.72. The summed E-state index contributed by atoms with van der Waals surface area (Å²) in [5.41, 5.74) is 5.46. The predicted octanol–water partition coefficient (Wildman–Crippen LogP) is 2.10. The van der Waals surface area contributed by atoms with Crippen LogP contribution in [0.4, 0.5) is 5.82 Å². The van der Waals surface area contributed by atoms with Crippen molar-refractivity contribution in [2.45, 2.75) is 33.1 Å². The van der Waals surface area contributed by atoms with Gasteiger partial charge in [-0.2, -0.15) is 4.98 Å². The molecule has 0 unspecified atom stereocenters. The topological polar surface area (TPSA) is 86.0 Å². The highest BCUT2D eigenvalue weighted by molar-refractivity contribution is 7.09. The van der Waals surface area contributed by atoms with E-state index in [-0.39, 0.29) is 0 Å². The van der Waals surface area contributed by atoms with Gasteiger partial charge in [-0.05, 0) is 13.3 Å². The Balaban J connectivity index is 1.97. The Morgan fingerprint density at radius 1 is 1.35 bits per heavy atom. The van der Waals surface area contributed by atoms with Crippen molar-refractivity contribution in [3.8, 4) is 5.88 Å². The van der Waals surface area contributed by atoms with Crippen LogP contribution in [0.5, 0.6) is 5.88 Å². The molecule has 3 N–H and O–H groups in total. The molecular formula is C13H19N5OS. The molecule has 0 atom stereocenters. The second-order valence-corrected chi connectivity index (χ2v) is 5.30. The first-order valence-corrected chi connectivity index (χ1v) is 7.47. The molecule has 0 fully saturated rings. The van der Waals surface area contributed by atoms with Gasteiger partial charge in [0.15, 0.2) is 0 Å². The first-order valence-electron chi connectivity index (χ1n) is 6.59. The summed E-state index contributed by atoms with van der Waals surface area (Å²) in [6.07, 6.45) is 2.61. The van der Waals surface area contributed by atoms with E-state index in [4.69, 9.17) is 10.6 Å². The fourth-order valence-corrected chi connectivity index (χ4v) is 2.53. The molecule has 108 valence electrons. The van der Waals surface area contributed by atoms with Crippen LogP contribution in [0, 0.1) is 6.92 Å². The quantitative estimate of drug-likeness (QED) is 0.600. The molecule has 0 saturated heterocycles. The van der Waals surface area contributed by atoms with E-state index in [9.17, 15) is 0 Å². The monoisotopic (exact) mass is 293 g/mol. The minimum Gasteiger partial charge on any atom is -0.477 e. The van der Waals surface area contributed by atoms with Crippen molar-refractivity contribution in [3.63, 3.8) is 0 Å². The van der Waals surface area contributed by atoms with Gasteiger partial charge in [-0.15, -0.1) is 11.3 Å². The Labute approximate surface area is 122 Å². The van der Waals surface area contributed by atoms with Crippen molar-refractivity contribution in [1.29, 1.82) is 0 Å². The summed E-state index contributed by atoms with van der Waals surface area (Å²) in [7, 11) is 0. The van der Waals surface area contributed by atoms with Gasteiger partial charge in [-0.3, -0.25) is 0 Å². The van der Waals surface area contributed by atoms with Crippen LogP contribution < -0.4 is 16.0 Å². The van der Waals surface area contributed by atoms with Gasteiger partial charge in [-0.25, -0.2) is 15.8 Å². The van der Waals surface area contributed by atoms with Gasteiger partial charge in [0.05, 0.1) is 17.8 Å². The number of nitrogens with one attached hydrogen (secondary N) is 1. The molecule has 20 heavy (non-hydrogen) atoms. The summed E-state index contributed by atoms with van der Waals surface area (Å²) < 4.78 is 5.70. The zero-order valence-electron chi connectivity index (χ0n) is 11.7. The van der Waals surface area contributed by atoms with Crippen molar-refractivity contribution >= 4 is 17.2 Å². The average molecular weight is 293 g/mol. The van der Waals surface area contributed by atoms with Gasteiger partial charge < -0.3 is 10.2 Å². The number of aromatic nitrogens is 3. The number of hydrogen-bond donors (Lipinski definition) is 2. The molecule has 6 nitrogen and oxygen atoms in total. The third-order valence-corrected chi connectivity index (χ3v) is 3.79. The van der Waals surface area contributed by atoms with Crippen molar-refractivity contribution in [2.75, 3.05) is 12.0 Å². The minimum absolute atomic E-state index is 0.554. The molecule has 0 aliphatic rings. The van der Waals surface area contributed by atoms with Crippen LogP contribution in [0.1, 0.15) is 29.7 Å². The van der Waals surface area contributed by atoms with Crippen LogP contribution >= 0.6 is 11.3 Å². The highest BCUT2D eigenvalue weighted by Gasteiger charge is 2.06. The highest BCUT2D eigenvalue weighted by atomic mass is 32.1. The lowest BCUT2D eigenvalue weighted by molar-refractivity contribution is 0.308. The molecule has 2 rings (SSSR count). The maximum atomic E-state index is 5.70. The second-order valence-electron chi connectivity index (χ2n) is 4.36. The molecule has 0 amide bonds. The molecule has 2 aromatic heterocycles. The third-order valence-electron chi connectivity index (χ3n) is 2.79. The Bertz CT molecular complexity index is 557. The zero-order chi connectivity index (χ0) is 14.4. The van der Waals surface area contributed by atoms with Crippen molar-refractivity contribution < 1.29 is 4.74 Å². The lowest BCUT2D eigenvalue weighted by Crippen LogP contribution is -2.12. The zero-order valence-corrected chi connectivity index (χ0v) is 12.5. The maximum Gasteiger partial charge on any atom is 0.218 e. The van der Waals surface area contributed by atoms with Gasteiger partial charge in [0.2, 0.25) is 5.88 Å². The summed E-state index contributed by atoms with van der Waals surface area (Å²) in [4.78, 5) is 14.1. The predicted molar refractivity (Wildman–Crippen MR) is 79.9 cm³/mol. The second kappa shape index (κ2) is 7.16. The van der Waals surface area contributed by atoms with Gasteiger partial charge in [-0.1, -0.05) is 6.92 Å². The molecule has 7 heteroatoms. The molecule has 0 radical (unpaired) electrons. The van der Waals surface area contributed by atoms with Crippen LogP contribution in [0.15, 0.2) is 11.6 Å². The molecular weight excluding hydrogens is 274 g/mol. The number of aryl methyl sites for hydroxylation is 2. The fourth-order valence-electron chi connectivity index (χ4n) is 1.77. The number of ether oxygens (including phenoxy) is 1. The van der Waals surface area contributed by atoms with Gasteiger partial charge >= 0.3 is 0 Å². The van der Waals surface area contributed by atoms with E-state index < -0.39 is 0 Å². The normalized spacial score (nSPS) is 10.6. The van der Waals surface area contributed by atoms with Crippen molar-refractivity contribution in [1.82, 2.24) is 15.0 Å². The maximum absolute atomic E-state index is 5.70. The number of nitrogens with zero attached hydrogens (tertiary/aromatic N) is 3. The summed E-state index contributed by atoms with van der Waals surface area (Å²) in [6, 6.07) is 1.71. The first kappa shape index (κ1) is 14.7. The lowest BCUT2D eigenvalue weighted by Gasteiger charge is -2.08. The Morgan fingerprint density at radius 2 is 2.20 bits per heavy atom. The fraction of sp³-hybridized carbons (Fsp3) is 0.462. The summed E-state index contributed by atoms with van der Waals surface area (Å²) in [5.74, 6) is 7.28. The van der Waals surface area contributed by atoms with E-state index in [0.717, 1.165) is 30.8 Å². The molecule has 0 aromatic carbocycles. The van der Waals surface area contributed by atoms with Crippen LogP contribution in [-0.2, 0) is 12.8 Å². The largest absolute Gasteiger partial charge is 0.477 e. The van der Waals surface area contributed by atoms with Gasteiger partial charge in [0.25, 0.3) is 0 Å². The standard InChI is InChI=1S/C13H19N5OS/c1-3-4-11-16-12(18-14)7-13(17-11)19-6-5-10-9(2)15-8-20-10/h7-8H,3-6,14H2,1-2H3,(H,16,17,18). The molecule has 0 saturated carbocycles. The number of nitrogens with two attached hydrogens (primary N) is 1. The summed E-state index contributed by atoms with van der Waals surface area (Å²) >= 11 is 1.65. The third kappa shape index (κ3) is 3.88. The van der Waals surface area contributed by atoms with E-state index in [1.807, 2.05) is 12.4 Å². The number of thiazole rings is 1. The molecule has 0 aliphatic carbocycles. The van der Waals surface area contributed by atoms with E-state index in [1.54, 1.807) is 17.4 Å². The molecule has 0 aliphatic heterocycles. The number of hydrogen-bond acceptors (Lipinski definition) is 7. The molecule has 0 spiro atoms. The Kier molecular flexibility index (Phi) is 5.25. The van der Waals surface area contributed by atoms with E-state index in [2.05, 4.69) is 27.3 Å². The average Bonchev–Trinajstić information content (AvgIpc) is 2.84. The lowest BCUT2D eigenvalue weighted by atomic mass is 10.3. The minimum atomic E-state index is 0.554. The van der Waals surface area contributed by atoms with Gasteiger partial charge in [0, 0.05) is 23.8 Å². The SMILES string of the molecule is CCCc1nc(NN)cc(OCCc2scnc2C)n1. The van der Waals surface area contributed by atoms with Crippen molar-refractivity contribution in [2.24, 2.45) is 5.84 Å². The summed E-state index contributed by atoms with van der Waals surface area (Å²) in [6.45, 7) is 4.65. The van der Waals surface area contributed by atoms with Crippen LogP contribution in [0.2, 0.25) is 0 Å². The number of rotatable bonds is 7. The van der Waals surface area contributed by atoms with E-state index in [0.29, 0.717) is 18.3 Å². The summed E-state index contributed by atoms with van der Waals surface area (Å²) in [5, 5.41) is 0. The van der Waals surface area contributed by atoms with Crippen molar-refractivity contribution in [3.05, 3.63) is 28.0 Å².